The summed E-state index contributed by atoms with van der Waals surface area (Å²) in [6, 6.07) is 10.9. The Morgan fingerprint density at radius 2 is 2.00 bits per heavy atom. The summed E-state index contributed by atoms with van der Waals surface area (Å²) < 4.78 is 15.5. The maximum Gasteiger partial charge on any atom is 0.254 e. The van der Waals surface area contributed by atoms with E-state index in [1.54, 1.807) is 12.4 Å². The number of rotatable bonds is 6. The van der Waals surface area contributed by atoms with Crippen LogP contribution in [0.25, 0.3) is 16.9 Å². The molecular weight excluding hydrogens is 455 g/mol. The number of carbonyl (C=O) groups excluding carboxylic acids is 1. The lowest BCUT2D eigenvalue weighted by atomic mass is 9.95. The van der Waals surface area contributed by atoms with Gasteiger partial charge in [-0.05, 0) is 62.2 Å². The normalized spacial score (nSPS) is 15.6. The zero-order valence-electron chi connectivity index (χ0n) is 20.5. The molecule has 7 nitrogen and oxygen atoms in total. The molecule has 1 aliphatic carbocycles. The Morgan fingerprint density at radius 3 is 2.81 bits per heavy atom. The summed E-state index contributed by atoms with van der Waals surface area (Å²) >= 11 is 0. The lowest BCUT2D eigenvalue weighted by Crippen LogP contribution is -2.16. The minimum Gasteiger partial charge on any atom is -0.348 e. The van der Waals surface area contributed by atoms with Gasteiger partial charge in [-0.1, -0.05) is 25.0 Å². The number of benzene rings is 1. The summed E-state index contributed by atoms with van der Waals surface area (Å²) in [4.78, 5) is 24.4. The number of hydrogen-bond acceptors (Lipinski definition) is 5. The molecule has 2 aliphatic rings. The molecule has 6 rings (SSSR count). The van der Waals surface area contributed by atoms with Gasteiger partial charge < -0.3 is 15.5 Å². The van der Waals surface area contributed by atoms with Crippen molar-refractivity contribution in [2.45, 2.75) is 44.7 Å². The zero-order valence-corrected chi connectivity index (χ0v) is 20.5. The van der Waals surface area contributed by atoms with E-state index in [2.05, 4.69) is 40.7 Å². The molecule has 3 aromatic heterocycles. The summed E-state index contributed by atoms with van der Waals surface area (Å²) in [6.07, 6.45) is 8.39. The number of halogens is 1. The maximum atomic E-state index is 13.7. The first-order chi connectivity index (χ1) is 17.5. The molecule has 1 amide bonds. The van der Waals surface area contributed by atoms with E-state index in [9.17, 15) is 9.18 Å². The molecule has 2 N–H and O–H groups in total. The number of aromatic nitrogens is 3. The minimum atomic E-state index is -0.332. The second-order valence-electron chi connectivity index (χ2n) is 9.99. The number of nitrogens with one attached hydrogen (secondary N) is 2. The summed E-state index contributed by atoms with van der Waals surface area (Å²) in [6.45, 7) is 1.20. The molecule has 1 fully saturated rings. The molecule has 184 valence electrons. The SMILES string of the molecule is CN(C)Cc1nc(Nc2ccc(-c3cnc4cc(F)ccn34)c3c2C(=O)NC3)ccc1C1CCCC1. The minimum absolute atomic E-state index is 0.120. The van der Waals surface area contributed by atoms with Gasteiger partial charge in [-0.15, -0.1) is 0 Å². The molecule has 0 saturated heterocycles. The quantitative estimate of drug-likeness (QED) is 0.391. The van der Waals surface area contributed by atoms with E-state index in [1.165, 1.54) is 43.4 Å². The maximum absolute atomic E-state index is 13.7. The summed E-state index contributed by atoms with van der Waals surface area (Å²) in [7, 11) is 4.12. The van der Waals surface area contributed by atoms with Gasteiger partial charge >= 0.3 is 0 Å². The second-order valence-corrected chi connectivity index (χ2v) is 9.99. The monoisotopic (exact) mass is 484 g/mol. The molecule has 0 radical (unpaired) electrons. The number of nitrogens with zero attached hydrogens (tertiary/aromatic N) is 4. The largest absolute Gasteiger partial charge is 0.348 e. The number of hydrogen-bond donors (Lipinski definition) is 2. The molecule has 8 heteroatoms. The Bertz CT molecular complexity index is 1470. The Balaban J connectivity index is 1.38. The average molecular weight is 485 g/mol. The number of carbonyl (C=O) groups is 1. The van der Waals surface area contributed by atoms with Crippen LogP contribution < -0.4 is 10.6 Å². The second kappa shape index (κ2) is 9.02. The third kappa shape index (κ3) is 4.01. The highest BCUT2D eigenvalue weighted by Gasteiger charge is 2.28. The third-order valence-corrected chi connectivity index (χ3v) is 7.25. The van der Waals surface area contributed by atoms with Gasteiger partial charge in [0.1, 0.15) is 17.3 Å². The molecular formula is C28H29FN6O. The summed E-state index contributed by atoms with van der Waals surface area (Å²) in [5.41, 5.74) is 6.90. The van der Waals surface area contributed by atoms with Crippen LogP contribution in [0.3, 0.4) is 0 Å². The first-order valence-corrected chi connectivity index (χ1v) is 12.5. The number of amides is 1. The summed E-state index contributed by atoms with van der Waals surface area (Å²) in [5.74, 6) is 0.856. The van der Waals surface area contributed by atoms with Crippen LogP contribution >= 0.6 is 0 Å². The number of imidazole rings is 1. The van der Waals surface area contributed by atoms with E-state index < -0.39 is 0 Å². The van der Waals surface area contributed by atoms with Crippen LogP contribution in [0.4, 0.5) is 15.9 Å². The summed E-state index contributed by atoms with van der Waals surface area (Å²) in [5, 5.41) is 6.38. The van der Waals surface area contributed by atoms with Gasteiger partial charge in [0.25, 0.3) is 5.91 Å². The van der Waals surface area contributed by atoms with Crippen molar-refractivity contribution in [3.63, 3.8) is 0 Å². The zero-order chi connectivity index (χ0) is 24.8. The Hall–Kier alpha value is -3.78. The third-order valence-electron chi connectivity index (χ3n) is 7.25. The van der Waals surface area contributed by atoms with E-state index in [-0.39, 0.29) is 11.7 Å². The van der Waals surface area contributed by atoms with E-state index in [1.807, 2.05) is 22.6 Å². The van der Waals surface area contributed by atoms with Crippen LogP contribution in [0.15, 0.2) is 48.8 Å². The van der Waals surface area contributed by atoms with Crippen molar-refractivity contribution in [1.82, 2.24) is 24.6 Å². The van der Waals surface area contributed by atoms with Crippen LogP contribution in [-0.4, -0.2) is 39.3 Å². The van der Waals surface area contributed by atoms with Gasteiger partial charge in [-0.3, -0.25) is 9.20 Å². The average Bonchev–Trinajstić information content (AvgIpc) is 3.60. The first-order valence-electron chi connectivity index (χ1n) is 12.5. The van der Waals surface area contributed by atoms with Crippen LogP contribution in [-0.2, 0) is 13.1 Å². The van der Waals surface area contributed by atoms with Crippen LogP contribution in [0, 0.1) is 5.82 Å². The highest BCUT2D eigenvalue weighted by molar-refractivity contribution is 6.06. The van der Waals surface area contributed by atoms with E-state index in [4.69, 9.17) is 4.98 Å². The predicted octanol–water partition coefficient (Wildman–Crippen LogP) is 5.24. The Labute approximate surface area is 209 Å². The van der Waals surface area contributed by atoms with Crippen molar-refractivity contribution in [3.8, 4) is 11.3 Å². The molecule has 0 atom stereocenters. The molecule has 0 spiro atoms. The standard InChI is InChI=1S/C28H29FN6O/c1-34(2)16-23-19(17-5-3-4-6-17)8-10-25(33-23)32-22-9-7-20(21-14-31-28(36)27(21)22)24-15-30-26-13-18(29)11-12-35(24)26/h7-13,15,17H,3-6,14,16H2,1-2H3,(H,31,36)(H,32,33). The highest BCUT2D eigenvalue weighted by atomic mass is 19.1. The predicted molar refractivity (Wildman–Crippen MR) is 138 cm³/mol. The van der Waals surface area contributed by atoms with Gasteiger partial charge in [0, 0.05) is 30.9 Å². The Morgan fingerprint density at radius 1 is 1.17 bits per heavy atom. The number of pyridine rings is 2. The van der Waals surface area contributed by atoms with Crippen molar-refractivity contribution in [2.24, 2.45) is 0 Å². The highest BCUT2D eigenvalue weighted by Crippen LogP contribution is 2.38. The van der Waals surface area contributed by atoms with Crippen LogP contribution in [0.5, 0.6) is 0 Å². The molecule has 0 unspecified atom stereocenters. The lowest BCUT2D eigenvalue weighted by Gasteiger charge is -2.19. The van der Waals surface area contributed by atoms with Crippen molar-refractivity contribution in [2.75, 3.05) is 19.4 Å². The van der Waals surface area contributed by atoms with Crippen molar-refractivity contribution in [3.05, 3.63) is 77.0 Å². The fourth-order valence-corrected chi connectivity index (χ4v) is 5.60. The molecule has 1 saturated carbocycles. The number of fused-ring (bicyclic) bond motifs is 2. The van der Waals surface area contributed by atoms with Gasteiger partial charge in [0.15, 0.2) is 0 Å². The van der Waals surface area contributed by atoms with Gasteiger partial charge in [-0.25, -0.2) is 14.4 Å². The molecule has 4 aromatic rings. The molecule has 4 heterocycles. The van der Waals surface area contributed by atoms with Gasteiger partial charge in [0.2, 0.25) is 0 Å². The lowest BCUT2D eigenvalue weighted by molar-refractivity contribution is 0.0966. The van der Waals surface area contributed by atoms with Crippen molar-refractivity contribution < 1.29 is 9.18 Å². The van der Waals surface area contributed by atoms with Crippen molar-refractivity contribution >= 4 is 23.1 Å². The Kier molecular flexibility index (Phi) is 5.68. The fourth-order valence-electron chi connectivity index (χ4n) is 5.60. The van der Waals surface area contributed by atoms with E-state index in [0.717, 1.165) is 40.6 Å². The van der Waals surface area contributed by atoms with Crippen LogP contribution in [0.1, 0.15) is 58.8 Å². The van der Waals surface area contributed by atoms with E-state index >= 15 is 0 Å². The van der Waals surface area contributed by atoms with E-state index in [0.29, 0.717) is 23.7 Å². The molecule has 0 bridgehead atoms. The molecule has 1 aliphatic heterocycles. The smallest absolute Gasteiger partial charge is 0.254 e. The number of anilines is 2. The fraction of sp³-hybridized carbons (Fsp3) is 0.321. The van der Waals surface area contributed by atoms with Gasteiger partial charge in [0.05, 0.1) is 28.8 Å². The first kappa shape index (κ1) is 22.7. The van der Waals surface area contributed by atoms with Crippen molar-refractivity contribution in [1.29, 1.82) is 0 Å². The topological polar surface area (TPSA) is 74.6 Å². The molecule has 1 aromatic carbocycles. The van der Waals surface area contributed by atoms with Gasteiger partial charge in [-0.2, -0.15) is 0 Å². The molecule has 36 heavy (non-hydrogen) atoms. The van der Waals surface area contributed by atoms with Crippen LogP contribution in [0.2, 0.25) is 0 Å².